The Bertz CT molecular complexity index is 2830. The molecule has 0 fully saturated rings. The lowest BCUT2D eigenvalue weighted by Gasteiger charge is -2.18. The highest BCUT2D eigenvalue weighted by Gasteiger charge is 2.17. The van der Waals surface area contributed by atoms with Gasteiger partial charge >= 0.3 is 0 Å². The number of nitrogens with zero attached hydrogens (tertiary/aromatic N) is 4. The first-order valence-corrected chi connectivity index (χ1v) is 17.2. The summed E-state index contributed by atoms with van der Waals surface area (Å²) in [5.74, 6) is 0. The van der Waals surface area contributed by atoms with Crippen LogP contribution in [0.15, 0.2) is 182 Å². The Morgan fingerprint density at radius 1 is 0.333 bits per heavy atom. The number of aromatic nitrogens is 4. The minimum absolute atomic E-state index is 0.861. The largest absolute Gasteiger partial charge is 0.256 e. The van der Waals surface area contributed by atoms with Crippen molar-refractivity contribution < 1.29 is 0 Å². The average Bonchev–Trinajstić information content (AvgIpc) is 3.64. The van der Waals surface area contributed by atoms with Crippen LogP contribution in [-0.2, 0) is 0 Å². The zero-order chi connectivity index (χ0) is 33.7. The normalized spacial score (nSPS) is 11.5. The second-order valence-corrected chi connectivity index (χ2v) is 12.9. The van der Waals surface area contributed by atoms with Gasteiger partial charge in [-0.2, -0.15) is 4.80 Å². The molecule has 0 radical (unpaired) electrons. The molecule has 0 saturated heterocycles. The van der Waals surface area contributed by atoms with Gasteiger partial charge in [0, 0.05) is 17.1 Å². The molecule has 2 aromatic heterocycles. The minimum atomic E-state index is 0.861. The second kappa shape index (κ2) is 11.9. The fourth-order valence-corrected chi connectivity index (χ4v) is 7.41. The smallest absolute Gasteiger partial charge is 0.114 e. The number of hydrogen-bond donors (Lipinski definition) is 0. The van der Waals surface area contributed by atoms with E-state index in [1.807, 2.05) is 18.3 Å². The molecule has 8 aromatic carbocycles. The SMILES string of the molecule is c1ccc(-c2ccc(-c3ccc4nn(-c5ccc(-c6c7ccccc7c(-c7cnc8ccccc8c7)c7ccccc67)cc5)nc4c3)cc2)cc1. The van der Waals surface area contributed by atoms with E-state index in [2.05, 4.69) is 164 Å². The van der Waals surface area contributed by atoms with Crippen LogP contribution < -0.4 is 0 Å². The van der Waals surface area contributed by atoms with Crippen LogP contribution in [0.25, 0.3) is 93.7 Å². The van der Waals surface area contributed by atoms with Gasteiger partial charge in [0.05, 0.1) is 11.2 Å². The molecule has 0 aliphatic heterocycles. The maximum Gasteiger partial charge on any atom is 0.114 e. The molecular formula is C47H30N4. The lowest BCUT2D eigenvalue weighted by molar-refractivity contribution is 0.766. The Kier molecular flexibility index (Phi) is 6.78. The molecule has 238 valence electrons. The number of para-hydroxylation sites is 1. The van der Waals surface area contributed by atoms with Gasteiger partial charge in [0.15, 0.2) is 0 Å². The number of hydrogen-bond acceptors (Lipinski definition) is 3. The van der Waals surface area contributed by atoms with Gasteiger partial charge in [0.1, 0.15) is 11.0 Å². The Morgan fingerprint density at radius 3 is 1.53 bits per heavy atom. The van der Waals surface area contributed by atoms with Crippen molar-refractivity contribution in [3.63, 3.8) is 0 Å². The van der Waals surface area contributed by atoms with Crippen molar-refractivity contribution >= 4 is 43.5 Å². The van der Waals surface area contributed by atoms with Crippen molar-refractivity contribution in [2.75, 3.05) is 0 Å². The van der Waals surface area contributed by atoms with E-state index in [1.54, 1.807) is 4.80 Å². The van der Waals surface area contributed by atoms with E-state index < -0.39 is 0 Å². The van der Waals surface area contributed by atoms with Crippen LogP contribution in [-0.4, -0.2) is 20.0 Å². The molecule has 10 rings (SSSR count). The molecule has 51 heavy (non-hydrogen) atoms. The topological polar surface area (TPSA) is 43.6 Å². The molecule has 0 bridgehead atoms. The summed E-state index contributed by atoms with van der Waals surface area (Å²) >= 11 is 0. The molecule has 0 aliphatic carbocycles. The van der Waals surface area contributed by atoms with Crippen molar-refractivity contribution in [3.05, 3.63) is 182 Å². The quantitative estimate of drug-likeness (QED) is 0.174. The minimum Gasteiger partial charge on any atom is -0.256 e. The van der Waals surface area contributed by atoms with Gasteiger partial charge in [0.2, 0.25) is 0 Å². The van der Waals surface area contributed by atoms with E-state index in [4.69, 9.17) is 15.2 Å². The lowest BCUT2D eigenvalue weighted by atomic mass is 9.86. The molecule has 0 spiro atoms. The Labute approximate surface area is 294 Å². The summed E-state index contributed by atoms with van der Waals surface area (Å²) in [5.41, 5.74) is 13.0. The van der Waals surface area contributed by atoms with E-state index >= 15 is 0 Å². The third kappa shape index (κ3) is 5.04. The molecule has 0 amide bonds. The van der Waals surface area contributed by atoms with E-state index in [-0.39, 0.29) is 0 Å². The number of fused-ring (bicyclic) bond motifs is 4. The fraction of sp³-hybridized carbons (Fsp3) is 0. The average molecular weight is 651 g/mol. The van der Waals surface area contributed by atoms with Gasteiger partial charge in [-0.1, -0.05) is 140 Å². The summed E-state index contributed by atoms with van der Waals surface area (Å²) in [7, 11) is 0. The molecule has 0 atom stereocenters. The molecule has 0 unspecified atom stereocenters. The van der Waals surface area contributed by atoms with Crippen LogP contribution in [0, 0.1) is 0 Å². The fourth-order valence-electron chi connectivity index (χ4n) is 7.41. The van der Waals surface area contributed by atoms with E-state index in [1.165, 1.54) is 43.8 Å². The molecular weight excluding hydrogens is 621 g/mol. The lowest BCUT2D eigenvalue weighted by Crippen LogP contribution is -1.98. The van der Waals surface area contributed by atoms with E-state index in [9.17, 15) is 0 Å². The summed E-state index contributed by atoms with van der Waals surface area (Å²) in [6.45, 7) is 0. The zero-order valence-corrected chi connectivity index (χ0v) is 27.6. The monoisotopic (exact) mass is 650 g/mol. The number of rotatable bonds is 5. The van der Waals surface area contributed by atoms with Crippen molar-refractivity contribution in [1.29, 1.82) is 0 Å². The summed E-state index contributed by atoms with van der Waals surface area (Å²) in [6.07, 6.45) is 2.01. The highest BCUT2D eigenvalue weighted by Crippen LogP contribution is 2.44. The Morgan fingerprint density at radius 2 is 0.843 bits per heavy atom. The predicted octanol–water partition coefficient (Wildman–Crippen LogP) is 11.9. The molecule has 0 N–H and O–H groups in total. The third-order valence-corrected chi connectivity index (χ3v) is 9.90. The first-order chi connectivity index (χ1) is 25.3. The van der Waals surface area contributed by atoms with Crippen LogP contribution in [0.5, 0.6) is 0 Å². The number of pyridine rings is 1. The van der Waals surface area contributed by atoms with Gasteiger partial charge in [-0.05, 0) is 96.9 Å². The maximum atomic E-state index is 4.90. The third-order valence-electron chi connectivity index (χ3n) is 9.90. The first-order valence-electron chi connectivity index (χ1n) is 17.2. The van der Waals surface area contributed by atoms with Gasteiger partial charge in [-0.25, -0.2) is 0 Å². The van der Waals surface area contributed by atoms with Crippen molar-refractivity contribution in [2.24, 2.45) is 0 Å². The second-order valence-electron chi connectivity index (χ2n) is 12.9. The van der Waals surface area contributed by atoms with E-state index in [0.717, 1.165) is 49.9 Å². The van der Waals surface area contributed by atoms with Gasteiger partial charge < -0.3 is 0 Å². The molecule has 10 aromatic rings. The highest BCUT2D eigenvalue weighted by atomic mass is 15.5. The molecule has 0 aliphatic rings. The Hall–Kier alpha value is -6.91. The summed E-state index contributed by atoms with van der Waals surface area (Å²) in [6, 6.07) is 62.0. The molecule has 4 heteroatoms. The summed E-state index contributed by atoms with van der Waals surface area (Å²) in [4.78, 5) is 6.56. The zero-order valence-electron chi connectivity index (χ0n) is 27.6. The van der Waals surface area contributed by atoms with Crippen LogP contribution in [0.2, 0.25) is 0 Å². The standard InChI is InChI=1S/C47H30N4/c1-2-10-31(11-3-1)32-18-20-33(21-19-32)35-24-27-44-45(29-35)50-51(49-44)38-25-22-34(23-26-38)46-39-13-5-7-15-41(39)47(42-16-8-6-14-40(42)46)37-28-36-12-4-9-17-43(36)48-30-37/h1-30H. The van der Waals surface area contributed by atoms with Crippen molar-refractivity contribution in [3.8, 4) is 50.2 Å². The highest BCUT2D eigenvalue weighted by molar-refractivity contribution is 6.21. The first kappa shape index (κ1) is 29.0. The molecule has 4 nitrogen and oxygen atoms in total. The van der Waals surface area contributed by atoms with Crippen LogP contribution in [0.1, 0.15) is 0 Å². The number of benzene rings is 8. The van der Waals surface area contributed by atoms with Gasteiger partial charge in [0.25, 0.3) is 0 Å². The summed E-state index contributed by atoms with van der Waals surface area (Å²) in [5, 5.41) is 15.7. The molecule has 2 heterocycles. The Balaban J connectivity index is 1.02. The maximum absolute atomic E-state index is 4.90. The van der Waals surface area contributed by atoms with Crippen molar-refractivity contribution in [2.45, 2.75) is 0 Å². The van der Waals surface area contributed by atoms with Crippen LogP contribution in [0.4, 0.5) is 0 Å². The van der Waals surface area contributed by atoms with Crippen molar-refractivity contribution in [1.82, 2.24) is 20.0 Å². The van der Waals surface area contributed by atoms with Gasteiger partial charge in [-0.3, -0.25) is 4.98 Å². The van der Waals surface area contributed by atoms with Gasteiger partial charge in [-0.15, -0.1) is 10.2 Å². The van der Waals surface area contributed by atoms with Crippen LogP contribution in [0.3, 0.4) is 0 Å². The van der Waals surface area contributed by atoms with Crippen LogP contribution >= 0.6 is 0 Å². The summed E-state index contributed by atoms with van der Waals surface area (Å²) < 4.78 is 0. The van der Waals surface area contributed by atoms with E-state index in [0.29, 0.717) is 0 Å². The molecule has 0 saturated carbocycles. The predicted molar refractivity (Wildman–Crippen MR) is 211 cm³/mol.